The van der Waals surface area contributed by atoms with Gasteiger partial charge in [0.15, 0.2) is 0 Å². The number of nitrogens with one attached hydrogen (secondary N) is 1. The van der Waals surface area contributed by atoms with Crippen LogP contribution in [0.5, 0.6) is 0 Å². The van der Waals surface area contributed by atoms with Gasteiger partial charge in [0, 0.05) is 19.1 Å². The van der Waals surface area contributed by atoms with E-state index in [0.29, 0.717) is 25.9 Å². The minimum absolute atomic E-state index is 0.385. The van der Waals surface area contributed by atoms with Crippen molar-refractivity contribution >= 4 is 16.2 Å². The SMILES string of the molecule is CCN(CC)S(=O)(=O)NC1CCCC1C(=O)O. The third-order valence-electron chi connectivity index (χ3n) is 3.18. The first-order valence-corrected chi connectivity index (χ1v) is 7.36. The Labute approximate surface area is 102 Å². The first-order chi connectivity index (χ1) is 7.92. The van der Waals surface area contributed by atoms with Crippen LogP contribution < -0.4 is 4.72 Å². The van der Waals surface area contributed by atoms with Crippen molar-refractivity contribution < 1.29 is 18.3 Å². The molecule has 0 aliphatic heterocycles. The quantitative estimate of drug-likeness (QED) is 0.727. The Morgan fingerprint density at radius 2 is 1.94 bits per heavy atom. The van der Waals surface area contributed by atoms with Crippen LogP contribution in [0.4, 0.5) is 0 Å². The van der Waals surface area contributed by atoms with E-state index in [4.69, 9.17) is 5.11 Å². The molecule has 0 heterocycles. The number of nitrogens with zero attached hydrogens (tertiary/aromatic N) is 1. The summed E-state index contributed by atoms with van der Waals surface area (Å²) < 4.78 is 27.7. The Hall–Kier alpha value is -0.660. The molecule has 17 heavy (non-hydrogen) atoms. The Morgan fingerprint density at radius 3 is 2.41 bits per heavy atom. The second-order valence-electron chi connectivity index (χ2n) is 4.19. The lowest BCUT2D eigenvalue weighted by molar-refractivity contribution is -0.141. The van der Waals surface area contributed by atoms with Gasteiger partial charge in [0.1, 0.15) is 0 Å². The third kappa shape index (κ3) is 3.40. The molecule has 0 amide bonds. The molecular weight excluding hydrogens is 244 g/mol. The summed E-state index contributed by atoms with van der Waals surface area (Å²) in [5.41, 5.74) is 0. The first-order valence-electron chi connectivity index (χ1n) is 5.92. The lowest BCUT2D eigenvalue weighted by Crippen LogP contribution is -2.47. The number of rotatable bonds is 6. The van der Waals surface area contributed by atoms with Crippen molar-refractivity contribution in [3.05, 3.63) is 0 Å². The van der Waals surface area contributed by atoms with Gasteiger partial charge in [0.05, 0.1) is 5.92 Å². The van der Waals surface area contributed by atoms with E-state index < -0.39 is 28.1 Å². The number of hydrogen-bond donors (Lipinski definition) is 2. The molecular formula is C10H20N2O4S. The highest BCUT2D eigenvalue weighted by Gasteiger charge is 2.36. The van der Waals surface area contributed by atoms with Gasteiger partial charge in [-0.15, -0.1) is 0 Å². The van der Waals surface area contributed by atoms with E-state index in [2.05, 4.69) is 4.72 Å². The normalized spacial score (nSPS) is 25.4. The van der Waals surface area contributed by atoms with Gasteiger partial charge in [-0.05, 0) is 12.8 Å². The summed E-state index contributed by atoms with van der Waals surface area (Å²) >= 11 is 0. The second kappa shape index (κ2) is 5.79. The molecule has 1 saturated carbocycles. The van der Waals surface area contributed by atoms with Crippen LogP contribution in [0.1, 0.15) is 33.1 Å². The van der Waals surface area contributed by atoms with Crippen LogP contribution in [0.25, 0.3) is 0 Å². The van der Waals surface area contributed by atoms with Crippen LogP contribution >= 0.6 is 0 Å². The highest BCUT2D eigenvalue weighted by atomic mass is 32.2. The largest absolute Gasteiger partial charge is 0.481 e. The van der Waals surface area contributed by atoms with E-state index in [1.165, 1.54) is 4.31 Å². The number of hydrogen-bond acceptors (Lipinski definition) is 3. The molecule has 0 radical (unpaired) electrons. The fourth-order valence-corrected chi connectivity index (χ4v) is 3.72. The van der Waals surface area contributed by atoms with Crippen molar-refractivity contribution in [2.45, 2.75) is 39.2 Å². The molecule has 0 saturated heterocycles. The van der Waals surface area contributed by atoms with Crippen molar-refractivity contribution in [1.82, 2.24) is 9.03 Å². The molecule has 0 bridgehead atoms. The van der Waals surface area contributed by atoms with Gasteiger partial charge in [0.2, 0.25) is 0 Å². The predicted molar refractivity (Wildman–Crippen MR) is 63.7 cm³/mol. The fraction of sp³-hybridized carbons (Fsp3) is 0.900. The summed E-state index contributed by atoms with van der Waals surface area (Å²) in [4.78, 5) is 11.0. The Balaban J connectivity index is 2.73. The van der Waals surface area contributed by atoms with Crippen LogP contribution in [-0.2, 0) is 15.0 Å². The summed E-state index contributed by atoms with van der Waals surface area (Å²) in [7, 11) is -3.55. The van der Waals surface area contributed by atoms with E-state index >= 15 is 0 Å². The zero-order chi connectivity index (χ0) is 13.1. The smallest absolute Gasteiger partial charge is 0.308 e. The van der Waals surface area contributed by atoms with Crippen LogP contribution in [0, 0.1) is 5.92 Å². The van der Waals surface area contributed by atoms with Gasteiger partial charge in [-0.1, -0.05) is 20.3 Å². The lowest BCUT2D eigenvalue weighted by Gasteiger charge is -2.23. The molecule has 7 heteroatoms. The molecule has 0 aromatic heterocycles. The van der Waals surface area contributed by atoms with Gasteiger partial charge >= 0.3 is 5.97 Å². The Bertz CT molecular complexity index is 365. The summed E-state index contributed by atoms with van der Waals surface area (Å²) in [5, 5.41) is 8.99. The van der Waals surface area contributed by atoms with Crippen molar-refractivity contribution in [3.63, 3.8) is 0 Å². The predicted octanol–water partition coefficient (Wildman–Crippen LogP) is 0.416. The summed E-state index contributed by atoms with van der Waals surface area (Å²) in [5.74, 6) is -1.52. The monoisotopic (exact) mass is 264 g/mol. The standard InChI is InChI=1S/C10H20N2O4S/c1-3-12(4-2)17(15,16)11-9-7-5-6-8(9)10(13)14/h8-9,11H,3-7H2,1-2H3,(H,13,14). The summed E-state index contributed by atoms with van der Waals surface area (Å²) in [6, 6.07) is -0.474. The second-order valence-corrected chi connectivity index (χ2v) is 5.89. The number of carboxylic acid groups (broad SMARTS) is 1. The van der Waals surface area contributed by atoms with Crippen molar-refractivity contribution in [1.29, 1.82) is 0 Å². The summed E-state index contributed by atoms with van der Waals surface area (Å²) in [6.45, 7) is 4.28. The topological polar surface area (TPSA) is 86.7 Å². The van der Waals surface area contributed by atoms with E-state index in [1.54, 1.807) is 13.8 Å². The third-order valence-corrected chi connectivity index (χ3v) is 4.98. The highest BCUT2D eigenvalue weighted by Crippen LogP contribution is 2.26. The van der Waals surface area contributed by atoms with Crippen LogP contribution in [-0.4, -0.2) is 42.9 Å². The van der Waals surface area contributed by atoms with Gasteiger partial charge in [0.25, 0.3) is 10.2 Å². The zero-order valence-electron chi connectivity index (χ0n) is 10.2. The Morgan fingerprint density at radius 1 is 1.35 bits per heavy atom. The fourth-order valence-electron chi connectivity index (χ4n) is 2.23. The summed E-state index contributed by atoms with van der Waals surface area (Å²) in [6.07, 6.45) is 1.89. The average molecular weight is 264 g/mol. The van der Waals surface area contributed by atoms with Crippen molar-refractivity contribution in [2.75, 3.05) is 13.1 Å². The molecule has 1 aliphatic carbocycles. The van der Waals surface area contributed by atoms with Gasteiger partial charge < -0.3 is 5.11 Å². The van der Waals surface area contributed by atoms with Crippen LogP contribution in [0.15, 0.2) is 0 Å². The van der Waals surface area contributed by atoms with Crippen molar-refractivity contribution in [2.24, 2.45) is 5.92 Å². The van der Waals surface area contributed by atoms with E-state index in [0.717, 1.165) is 6.42 Å². The maximum atomic E-state index is 11.9. The van der Waals surface area contributed by atoms with Gasteiger partial charge in [-0.25, -0.2) is 0 Å². The minimum atomic E-state index is -3.55. The molecule has 1 rings (SSSR count). The lowest BCUT2D eigenvalue weighted by atomic mass is 10.1. The minimum Gasteiger partial charge on any atom is -0.481 e. The average Bonchev–Trinajstić information content (AvgIpc) is 2.66. The maximum absolute atomic E-state index is 11.9. The molecule has 2 N–H and O–H groups in total. The van der Waals surface area contributed by atoms with Crippen LogP contribution in [0.2, 0.25) is 0 Å². The molecule has 6 nitrogen and oxygen atoms in total. The van der Waals surface area contributed by atoms with E-state index in [1.807, 2.05) is 0 Å². The molecule has 0 aromatic carbocycles. The van der Waals surface area contributed by atoms with Gasteiger partial charge in [-0.3, -0.25) is 4.79 Å². The maximum Gasteiger partial charge on any atom is 0.308 e. The number of carboxylic acids is 1. The highest BCUT2D eigenvalue weighted by molar-refractivity contribution is 7.87. The van der Waals surface area contributed by atoms with Crippen molar-refractivity contribution in [3.8, 4) is 0 Å². The van der Waals surface area contributed by atoms with Gasteiger partial charge in [-0.2, -0.15) is 17.4 Å². The zero-order valence-corrected chi connectivity index (χ0v) is 11.0. The molecule has 100 valence electrons. The molecule has 0 spiro atoms. The molecule has 2 unspecified atom stereocenters. The molecule has 1 aliphatic rings. The number of carbonyl (C=O) groups is 1. The first kappa shape index (κ1) is 14.4. The molecule has 2 atom stereocenters. The van der Waals surface area contributed by atoms with Crippen LogP contribution in [0.3, 0.4) is 0 Å². The van der Waals surface area contributed by atoms with E-state index in [-0.39, 0.29) is 0 Å². The molecule has 0 aromatic rings. The molecule has 1 fully saturated rings. The van der Waals surface area contributed by atoms with E-state index in [9.17, 15) is 13.2 Å². The Kier molecular flexibility index (Phi) is 4.91. The number of aliphatic carboxylic acids is 1.